The molecule has 6 heteroatoms. The Morgan fingerprint density at radius 2 is 2.30 bits per heavy atom. The van der Waals surface area contributed by atoms with Gasteiger partial charge in [0.05, 0.1) is 4.88 Å². The van der Waals surface area contributed by atoms with Gasteiger partial charge >= 0.3 is 0 Å². The molecule has 2 heterocycles. The van der Waals surface area contributed by atoms with Crippen LogP contribution in [0.3, 0.4) is 0 Å². The zero-order valence-electron chi connectivity index (χ0n) is 13.3. The van der Waals surface area contributed by atoms with Crippen LogP contribution in [0.1, 0.15) is 63.9 Å². The second-order valence-electron chi connectivity index (χ2n) is 6.74. The molecule has 1 amide bonds. The molecule has 23 heavy (non-hydrogen) atoms. The van der Waals surface area contributed by atoms with Crippen LogP contribution in [0.15, 0.2) is 10.6 Å². The highest BCUT2D eigenvalue weighted by molar-refractivity contribution is 7.14. The van der Waals surface area contributed by atoms with Crippen molar-refractivity contribution in [2.45, 2.75) is 51.4 Å². The molecule has 2 aliphatic rings. The normalized spacial score (nSPS) is 20.3. The minimum atomic E-state index is 0.0166. The first-order valence-corrected chi connectivity index (χ1v) is 9.23. The largest absolute Gasteiger partial charge is 0.351 e. The standard InChI is InChI=1S/C17H21N3O2S/c1-10-2-5-13-12(8-10)9-14(23-13)16(21)18-7-6-15-19-17(22-20-15)11-3-4-11/h9-11H,2-8H2,1H3,(H,18,21)/t10-/m0/s1. The van der Waals surface area contributed by atoms with Gasteiger partial charge in [-0.15, -0.1) is 11.3 Å². The maximum absolute atomic E-state index is 12.3. The zero-order valence-corrected chi connectivity index (χ0v) is 14.1. The van der Waals surface area contributed by atoms with Gasteiger partial charge < -0.3 is 9.84 Å². The summed E-state index contributed by atoms with van der Waals surface area (Å²) in [5.41, 5.74) is 1.37. The van der Waals surface area contributed by atoms with E-state index in [1.807, 2.05) is 0 Å². The van der Waals surface area contributed by atoms with Crippen molar-refractivity contribution in [2.75, 3.05) is 6.54 Å². The molecular formula is C17H21N3O2S. The van der Waals surface area contributed by atoms with Gasteiger partial charge in [-0.3, -0.25) is 4.79 Å². The first-order valence-electron chi connectivity index (χ1n) is 8.41. The first-order chi connectivity index (χ1) is 11.2. The van der Waals surface area contributed by atoms with Gasteiger partial charge in [-0.1, -0.05) is 12.1 Å². The number of aromatic nitrogens is 2. The molecule has 1 N–H and O–H groups in total. The maximum atomic E-state index is 12.3. The number of carbonyl (C=O) groups excluding carboxylic acids is 1. The van der Waals surface area contributed by atoms with Crippen molar-refractivity contribution in [3.63, 3.8) is 0 Å². The fraction of sp³-hybridized carbons (Fsp3) is 0.588. The highest BCUT2D eigenvalue weighted by Gasteiger charge is 2.29. The van der Waals surface area contributed by atoms with Gasteiger partial charge in [0.15, 0.2) is 5.82 Å². The van der Waals surface area contributed by atoms with Gasteiger partial charge in [0.2, 0.25) is 5.89 Å². The molecule has 1 saturated carbocycles. The smallest absolute Gasteiger partial charge is 0.261 e. The zero-order chi connectivity index (χ0) is 15.8. The SMILES string of the molecule is C[C@H]1CCc2sc(C(=O)NCCc3noc(C4CC4)n3)cc2C1. The molecule has 0 aliphatic heterocycles. The van der Waals surface area contributed by atoms with E-state index in [0.717, 1.165) is 42.4 Å². The van der Waals surface area contributed by atoms with Crippen LogP contribution in [0.4, 0.5) is 0 Å². The summed E-state index contributed by atoms with van der Waals surface area (Å²) in [5.74, 6) is 2.67. The van der Waals surface area contributed by atoms with Gasteiger partial charge in [-0.05, 0) is 49.7 Å². The van der Waals surface area contributed by atoms with E-state index < -0.39 is 0 Å². The molecule has 4 rings (SSSR count). The van der Waals surface area contributed by atoms with Crippen molar-refractivity contribution in [1.29, 1.82) is 0 Å². The molecule has 0 saturated heterocycles. The third-order valence-electron chi connectivity index (χ3n) is 4.60. The molecule has 122 valence electrons. The van der Waals surface area contributed by atoms with Crippen LogP contribution < -0.4 is 5.32 Å². The Balaban J connectivity index is 1.31. The van der Waals surface area contributed by atoms with Gasteiger partial charge in [-0.2, -0.15) is 4.98 Å². The Bertz CT molecular complexity index is 717. The number of nitrogens with zero attached hydrogens (tertiary/aromatic N) is 2. The van der Waals surface area contributed by atoms with Crippen molar-refractivity contribution in [3.8, 4) is 0 Å². The highest BCUT2D eigenvalue weighted by atomic mass is 32.1. The van der Waals surface area contributed by atoms with E-state index in [1.54, 1.807) is 11.3 Å². The average Bonchev–Trinajstić information content (AvgIpc) is 3.13. The molecule has 2 aliphatic carbocycles. The molecule has 2 aromatic heterocycles. The van der Waals surface area contributed by atoms with Crippen LogP contribution in [0, 0.1) is 5.92 Å². The van der Waals surface area contributed by atoms with Crippen molar-refractivity contribution >= 4 is 17.2 Å². The third-order valence-corrected chi connectivity index (χ3v) is 5.83. The van der Waals surface area contributed by atoms with Crippen LogP contribution in [-0.4, -0.2) is 22.6 Å². The number of hydrogen-bond acceptors (Lipinski definition) is 5. The Morgan fingerprint density at radius 3 is 3.13 bits per heavy atom. The predicted molar refractivity (Wildman–Crippen MR) is 87.8 cm³/mol. The summed E-state index contributed by atoms with van der Waals surface area (Å²) in [7, 11) is 0. The molecule has 1 atom stereocenters. The fourth-order valence-corrected chi connectivity index (χ4v) is 4.18. The number of aryl methyl sites for hydroxylation is 1. The lowest BCUT2D eigenvalue weighted by atomic mass is 9.90. The summed E-state index contributed by atoms with van der Waals surface area (Å²) in [4.78, 5) is 18.9. The van der Waals surface area contributed by atoms with Crippen molar-refractivity contribution in [2.24, 2.45) is 5.92 Å². The van der Waals surface area contributed by atoms with E-state index in [9.17, 15) is 4.79 Å². The molecule has 1 fully saturated rings. The second-order valence-corrected chi connectivity index (χ2v) is 7.87. The second kappa shape index (κ2) is 6.07. The summed E-state index contributed by atoms with van der Waals surface area (Å²) < 4.78 is 5.22. The number of carbonyl (C=O) groups is 1. The highest BCUT2D eigenvalue weighted by Crippen LogP contribution is 2.38. The molecule has 2 aromatic rings. The number of fused-ring (bicyclic) bond motifs is 1. The molecular weight excluding hydrogens is 310 g/mol. The third kappa shape index (κ3) is 3.32. The number of thiophene rings is 1. The topological polar surface area (TPSA) is 68.0 Å². The number of hydrogen-bond donors (Lipinski definition) is 1. The maximum Gasteiger partial charge on any atom is 0.261 e. The molecule has 5 nitrogen and oxygen atoms in total. The van der Waals surface area contributed by atoms with E-state index in [0.29, 0.717) is 24.7 Å². The average molecular weight is 331 g/mol. The van der Waals surface area contributed by atoms with E-state index in [-0.39, 0.29) is 5.91 Å². The minimum Gasteiger partial charge on any atom is -0.351 e. The van der Waals surface area contributed by atoms with Gasteiger partial charge in [0.25, 0.3) is 5.91 Å². The van der Waals surface area contributed by atoms with Crippen LogP contribution in [0.2, 0.25) is 0 Å². The summed E-state index contributed by atoms with van der Waals surface area (Å²) in [6.45, 7) is 2.82. The van der Waals surface area contributed by atoms with Gasteiger partial charge in [0, 0.05) is 23.8 Å². The molecule has 0 spiro atoms. The van der Waals surface area contributed by atoms with E-state index in [1.165, 1.54) is 16.9 Å². The minimum absolute atomic E-state index is 0.0166. The van der Waals surface area contributed by atoms with E-state index in [4.69, 9.17) is 4.52 Å². The van der Waals surface area contributed by atoms with Crippen LogP contribution in [0.25, 0.3) is 0 Å². The van der Waals surface area contributed by atoms with Gasteiger partial charge in [0.1, 0.15) is 0 Å². The van der Waals surface area contributed by atoms with Crippen molar-refractivity contribution < 1.29 is 9.32 Å². The lowest BCUT2D eigenvalue weighted by Crippen LogP contribution is -2.25. The monoisotopic (exact) mass is 331 g/mol. The summed E-state index contributed by atoms with van der Waals surface area (Å²) in [6, 6.07) is 2.07. The molecule has 0 aromatic carbocycles. The molecule has 0 unspecified atom stereocenters. The first kappa shape index (κ1) is 14.9. The van der Waals surface area contributed by atoms with Gasteiger partial charge in [-0.25, -0.2) is 0 Å². The van der Waals surface area contributed by atoms with E-state index >= 15 is 0 Å². The molecule has 0 radical (unpaired) electrons. The van der Waals surface area contributed by atoms with Crippen molar-refractivity contribution in [3.05, 3.63) is 33.1 Å². The number of rotatable bonds is 5. The molecule has 0 bridgehead atoms. The predicted octanol–water partition coefficient (Wildman–Crippen LogP) is 3.11. The number of amides is 1. The van der Waals surface area contributed by atoms with Crippen LogP contribution >= 0.6 is 11.3 Å². The Hall–Kier alpha value is -1.69. The lowest BCUT2D eigenvalue weighted by molar-refractivity contribution is 0.0958. The van der Waals surface area contributed by atoms with Crippen LogP contribution in [0.5, 0.6) is 0 Å². The summed E-state index contributed by atoms with van der Waals surface area (Å²) >= 11 is 1.65. The lowest BCUT2D eigenvalue weighted by Gasteiger charge is -2.16. The number of nitrogens with one attached hydrogen (secondary N) is 1. The summed E-state index contributed by atoms with van der Waals surface area (Å²) in [6.07, 6.45) is 6.37. The Labute approximate surface area is 139 Å². The summed E-state index contributed by atoms with van der Waals surface area (Å²) in [5, 5.41) is 6.95. The Morgan fingerprint density at radius 1 is 1.43 bits per heavy atom. The van der Waals surface area contributed by atoms with Crippen LogP contribution in [-0.2, 0) is 19.3 Å². The van der Waals surface area contributed by atoms with E-state index in [2.05, 4.69) is 28.4 Å². The van der Waals surface area contributed by atoms with Crippen molar-refractivity contribution in [1.82, 2.24) is 15.5 Å². The Kier molecular flexibility index (Phi) is 3.93. The quantitative estimate of drug-likeness (QED) is 0.914. The fourth-order valence-electron chi connectivity index (χ4n) is 3.06.